The summed E-state index contributed by atoms with van der Waals surface area (Å²) in [6.45, 7) is 13.2. The minimum absolute atomic E-state index is 0.800. The van der Waals surface area contributed by atoms with Crippen LogP contribution in [-0.4, -0.2) is 13.3 Å². The van der Waals surface area contributed by atoms with Gasteiger partial charge in [-0.2, -0.15) is 0 Å². The highest BCUT2D eigenvalue weighted by Gasteiger charge is 2.62. The minimum atomic E-state index is -1.42. The highest BCUT2D eigenvalue weighted by Crippen LogP contribution is 2.69. The predicted octanol–water partition coefficient (Wildman–Crippen LogP) is 9.57. The van der Waals surface area contributed by atoms with Crippen molar-refractivity contribution in [1.82, 2.24) is 0 Å². The molecule has 0 nitrogen and oxygen atoms in total. The van der Waals surface area contributed by atoms with Gasteiger partial charge in [-0.3, -0.25) is 0 Å². The lowest BCUT2D eigenvalue weighted by Gasteiger charge is -2.47. The summed E-state index contributed by atoms with van der Waals surface area (Å²) in [6, 6.07) is 9.22. The lowest BCUT2D eigenvalue weighted by molar-refractivity contribution is 0.184. The van der Waals surface area contributed by atoms with Crippen molar-refractivity contribution in [3.05, 3.63) is 40.3 Å². The van der Waals surface area contributed by atoms with E-state index in [-0.39, 0.29) is 0 Å². The first-order valence-electron chi connectivity index (χ1n) is 14.3. The molecule has 8 atom stereocenters. The number of fused-ring (bicyclic) bond motifs is 4. The number of aryl methyl sites for hydroxylation is 1. The Morgan fingerprint density at radius 1 is 0.788 bits per heavy atom. The van der Waals surface area contributed by atoms with Gasteiger partial charge in [0.25, 0.3) is 0 Å². The zero-order valence-electron chi connectivity index (χ0n) is 21.8. The van der Waals surface area contributed by atoms with Crippen molar-refractivity contribution in [3.8, 4) is 0 Å². The highest BCUT2D eigenvalue weighted by atomic mass is 32.2. The number of thioether (sulfide) groups is 1. The lowest BCUT2D eigenvalue weighted by atomic mass is 9.73. The minimum Gasteiger partial charge on any atom is -0.127 e. The van der Waals surface area contributed by atoms with Gasteiger partial charge in [0.1, 0.15) is 0 Å². The van der Waals surface area contributed by atoms with Gasteiger partial charge in [0.05, 0.1) is 8.07 Å². The summed E-state index contributed by atoms with van der Waals surface area (Å²) in [5.74, 6) is 6.10. The summed E-state index contributed by atoms with van der Waals surface area (Å²) in [6.07, 6.45) is 13.9. The fourth-order valence-corrected chi connectivity index (χ4v) is 19.7. The molecule has 1 aliphatic heterocycles. The summed E-state index contributed by atoms with van der Waals surface area (Å²) < 4.78 is 0. The van der Waals surface area contributed by atoms with Crippen LogP contribution in [0.25, 0.3) is 5.57 Å². The van der Waals surface area contributed by atoms with Gasteiger partial charge >= 0.3 is 0 Å². The molecule has 0 spiro atoms. The van der Waals surface area contributed by atoms with Crippen LogP contribution in [0.3, 0.4) is 0 Å². The van der Waals surface area contributed by atoms with Gasteiger partial charge in [-0.25, -0.2) is 0 Å². The molecule has 0 N–H and O–H groups in total. The van der Waals surface area contributed by atoms with E-state index in [2.05, 4.69) is 69.9 Å². The van der Waals surface area contributed by atoms with E-state index in [1.807, 2.05) is 0 Å². The Hall–Kier alpha value is -0.473. The molecule has 1 heterocycles. The standard InChI is InChI=1S/C31H46SSi/c1-19-12-6-7-13-22(19)28-21(3)32-29-27(28)18-20(2)30(29)33(4,5)31-25-16-10-8-14-23(25)24-15-9-11-17-26(24)31/h6-7,12-13,20,23-27,29-31H,8-11,14-18H2,1-5H3. The van der Waals surface area contributed by atoms with Crippen LogP contribution in [0.2, 0.25) is 24.2 Å². The average molecular weight is 479 g/mol. The SMILES string of the molecule is CC1=C(c2ccccc2C)C2CC(C)C([Si](C)(C)C3C4CCCCC4C4CCCCC43)C2S1. The smallest absolute Gasteiger partial charge is 0.0556 e. The second-order valence-corrected chi connectivity index (χ2v) is 19.7. The predicted molar refractivity (Wildman–Crippen MR) is 148 cm³/mol. The average Bonchev–Trinajstić information content (AvgIpc) is 3.40. The summed E-state index contributed by atoms with van der Waals surface area (Å²) >= 11 is 2.32. The van der Waals surface area contributed by atoms with Crippen LogP contribution >= 0.6 is 11.8 Å². The number of rotatable bonds is 3. The van der Waals surface area contributed by atoms with Crippen LogP contribution in [0, 0.1) is 42.4 Å². The first-order valence-corrected chi connectivity index (χ1v) is 18.4. The van der Waals surface area contributed by atoms with Gasteiger partial charge in [-0.1, -0.05) is 82.8 Å². The molecule has 8 unspecified atom stereocenters. The van der Waals surface area contributed by atoms with Crippen molar-refractivity contribution in [2.75, 3.05) is 0 Å². The molecule has 0 aromatic heterocycles. The number of allylic oxidation sites excluding steroid dienone is 2. The first-order chi connectivity index (χ1) is 15.9. The van der Waals surface area contributed by atoms with Gasteiger partial charge in [0, 0.05) is 5.25 Å². The molecule has 6 rings (SSSR count). The highest BCUT2D eigenvalue weighted by molar-refractivity contribution is 8.04. The third kappa shape index (κ3) is 3.51. The summed E-state index contributed by atoms with van der Waals surface area (Å²) in [5, 5.41) is 0.862. The van der Waals surface area contributed by atoms with Crippen LogP contribution in [0.15, 0.2) is 29.2 Å². The van der Waals surface area contributed by atoms with E-state index in [4.69, 9.17) is 0 Å². The molecule has 0 bridgehead atoms. The maximum Gasteiger partial charge on any atom is 0.0556 e. The molecule has 0 saturated heterocycles. The third-order valence-electron chi connectivity index (χ3n) is 11.4. The van der Waals surface area contributed by atoms with Crippen molar-refractivity contribution in [2.24, 2.45) is 35.5 Å². The maximum absolute atomic E-state index is 2.89. The fourth-order valence-electron chi connectivity index (χ4n) is 10.6. The molecule has 5 aliphatic rings. The monoisotopic (exact) mass is 478 g/mol. The molecule has 0 radical (unpaired) electrons. The van der Waals surface area contributed by atoms with Crippen LogP contribution in [0.4, 0.5) is 0 Å². The van der Waals surface area contributed by atoms with E-state index >= 15 is 0 Å². The Kier molecular flexibility index (Phi) is 5.97. The fraction of sp³-hybridized carbons (Fsp3) is 0.742. The molecule has 180 valence electrons. The van der Waals surface area contributed by atoms with Crippen LogP contribution in [0.1, 0.15) is 82.8 Å². The molecule has 2 heteroatoms. The zero-order valence-corrected chi connectivity index (χ0v) is 23.6. The van der Waals surface area contributed by atoms with Crippen molar-refractivity contribution >= 4 is 25.4 Å². The molecule has 4 fully saturated rings. The van der Waals surface area contributed by atoms with Gasteiger partial charge in [-0.15, -0.1) is 11.8 Å². The molecule has 0 amide bonds. The van der Waals surface area contributed by atoms with Gasteiger partial charge < -0.3 is 0 Å². The Labute approximate surface area is 208 Å². The molecule has 33 heavy (non-hydrogen) atoms. The van der Waals surface area contributed by atoms with Crippen LogP contribution in [0.5, 0.6) is 0 Å². The zero-order chi connectivity index (χ0) is 22.9. The Morgan fingerprint density at radius 2 is 1.36 bits per heavy atom. The molecule has 4 saturated carbocycles. The van der Waals surface area contributed by atoms with Gasteiger partial charge in [0.2, 0.25) is 0 Å². The van der Waals surface area contributed by atoms with Crippen molar-refractivity contribution in [3.63, 3.8) is 0 Å². The Balaban J connectivity index is 1.34. The lowest BCUT2D eigenvalue weighted by Crippen LogP contribution is -2.47. The number of hydrogen-bond acceptors (Lipinski definition) is 1. The van der Waals surface area contributed by atoms with E-state index in [1.54, 1.807) is 41.7 Å². The number of benzene rings is 1. The van der Waals surface area contributed by atoms with E-state index in [0.717, 1.165) is 51.8 Å². The molecular weight excluding hydrogens is 432 g/mol. The molecular formula is C31H46SSi. The second-order valence-electron chi connectivity index (χ2n) is 13.3. The summed E-state index contributed by atoms with van der Waals surface area (Å²) in [4.78, 5) is 1.65. The van der Waals surface area contributed by atoms with Crippen molar-refractivity contribution in [1.29, 1.82) is 0 Å². The third-order valence-corrected chi connectivity index (χ3v) is 18.4. The van der Waals surface area contributed by atoms with Gasteiger partial charge in [0.15, 0.2) is 0 Å². The normalized spacial score (nSPS) is 42.9. The maximum atomic E-state index is 2.89. The van der Waals surface area contributed by atoms with Crippen molar-refractivity contribution in [2.45, 2.75) is 108 Å². The first kappa shape index (κ1) is 23.0. The van der Waals surface area contributed by atoms with Crippen LogP contribution in [-0.2, 0) is 0 Å². The van der Waals surface area contributed by atoms with E-state index in [0.29, 0.717) is 0 Å². The van der Waals surface area contributed by atoms with Crippen molar-refractivity contribution < 1.29 is 0 Å². The number of hydrogen-bond donors (Lipinski definition) is 0. The van der Waals surface area contributed by atoms with E-state index < -0.39 is 8.07 Å². The quantitative estimate of drug-likeness (QED) is 0.390. The second kappa shape index (κ2) is 8.58. The van der Waals surface area contributed by atoms with Gasteiger partial charge in [-0.05, 0) is 101 Å². The summed E-state index contributed by atoms with van der Waals surface area (Å²) in [7, 11) is -1.42. The molecule has 4 aliphatic carbocycles. The Morgan fingerprint density at radius 3 is 1.97 bits per heavy atom. The molecule has 1 aromatic rings. The topological polar surface area (TPSA) is 0 Å². The molecule has 1 aromatic carbocycles. The van der Waals surface area contributed by atoms with Crippen LogP contribution < -0.4 is 0 Å². The van der Waals surface area contributed by atoms with E-state index in [1.165, 1.54) is 37.7 Å². The summed E-state index contributed by atoms with van der Waals surface area (Å²) in [5.41, 5.74) is 6.88. The largest absolute Gasteiger partial charge is 0.127 e. The van der Waals surface area contributed by atoms with E-state index in [9.17, 15) is 0 Å². The Bertz CT molecular complexity index is 909.